The van der Waals surface area contributed by atoms with Gasteiger partial charge in [0, 0.05) is 37.7 Å². The van der Waals surface area contributed by atoms with Crippen LogP contribution in [0.5, 0.6) is 0 Å². The fourth-order valence-electron chi connectivity index (χ4n) is 3.35. The van der Waals surface area contributed by atoms with E-state index < -0.39 is 0 Å². The minimum atomic E-state index is 0.280. The maximum absolute atomic E-state index is 12.1. The molecule has 0 N–H and O–H groups in total. The van der Waals surface area contributed by atoms with Crippen LogP contribution in [0.25, 0.3) is 0 Å². The molecular formula is C17H22N2O2S. The molecule has 0 aromatic carbocycles. The zero-order chi connectivity index (χ0) is 15.0. The highest BCUT2D eigenvalue weighted by molar-refractivity contribution is 8.01. The lowest BCUT2D eigenvalue weighted by Crippen LogP contribution is -2.60. The standard InChI is InChI=1S/C17H22N2O2S/c20-16(7-13-1-2-13)19-11-17(12-19)8-15(10-22-17)21-9-14-3-5-18-6-4-14/h3-6,13,15H,1-2,7-12H2. The second kappa shape index (κ2) is 5.85. The Kier molecular flexibility index (Phi) is 3.86. The third kappa shape index (κ3) is 3.15. The summed E-state index contributed by atoms with van der Waals surface area (Å²) in [5.74, 6) is 2.11. The van der Waals surface area contributed by atoms with Gasteiger partial charge in [0.2, 0.25) is 5.91 Å². The van der Waals surface area contributed by atoms with Crippen molar-refractivity contribution in [2.24, 2.45) is 5.92 Å². The van der Waals surface area contributed by atoms with E-state index in [0.29, 0.717) is 24.5 Å². The number of hydrogen-bond acceptors (Lipinski definition) is 4. The summed E-state index contributed by atoms with van der Waals surface area (Å²) >= 11 is 2.00. The Morgan fingerprint density at radius 2 is 2.14 bits per heavy atom. The Hall–Kier alpha value is -1.07. The normalized spacial score (nSPS) is 26.2. The van der Waals surface area contributed by atoms with E-state index >= 15 is 0 Å². The summed E-state index contributed by atoms with van der Waals surface area (Å²) in [5, 5.41) is 0. The Morgan fingerprint density at radius 3 is 2.86 bits per heavy atom. The number of carbonyl (C=O) groups excluding carboxylic acids is 1. The Morgan fingerprint density at radius 1 is 1.36 bits per heavy atom. The lowest BCUT2D eigenvalue weighted by atomic mass is 9.92. The van der Waals surface area contributed by atoms with Gasteiger partial charge in [-0.1, -0.05) is 0 Å². The molecule has 1 aliphatic carbocycles. The summed E-state index contributed by atoms with van der Waals surface area (Å²) < 4.78 is 6.32. The number of amides is 1. The van der Waals surface area contributed by atoms with Crippen LogP contribution in [0, 0.1) is 5.92 Å². The first-order valence-corrected chi connectivity index (χ1v) is 9.13. The molecule has 3 heterocycles. The van der Waals surface area contributed by atoms with Gasteiger partial charge in [0.1, 0.15) is 0 Å². The average Bonchev–Trinajstić information content (AvgIpc) is 3.20. The quantitative estimate of drug-likeness (QED) is 0.836. The van der Waals surface area contributed by atoms with Crippen LogP contribution in [0.2, 0.25) is 0 Å². The fourth-order valence-corrected chi connectivity index (χ4v) is 4.90. The van der Waals surface area contributed by atoms with Crippen molar-refractivity contribution in [2.75, 3.05) is 18.8 Å². The fraction of sp³-hybridized carbons (Fsp3) is 0.647. The van der Waals surface area contributed by atoms with Crippen molar-refractivity contribution >= 4 is 17.7 Å². The maximum atomic E-state index is 12.1. The third-order valence-electron chi connectivity index (χ3n) is 4.88. The molecule has 1 atom stereocenters. The van der Waals surface area contributed by atoms with Gasteiger partial charge in [-0.2, -0.15) is 0 Å². The third-order valence-corrected chi connectivity index (χ3v) is 6.46. The molecule has 1 spiro atoms. The Bertz CT molecular complexity index is 541. The Balaban J connectivity index is 1.22. The predicted octanol–water partition coefficient (Wildman–Crippen LogP) is 2.48. The van der Waals surface area contributed by atoms with Crippen LogP contribution in [0.3, 0.4) is 0 Å². The predicted molar refractivity (Wildman–Crippen MR) is 86.5 cm³/mol. The molecule has 1 aromatic heterocycles. The van der Waals surface area contributed by atoms with Crippen molar-refractivity contribution in [3.8, 4) is 0 Å². The number of rotatable bonds is 5. The average molecular weight is 318 g/mol. The highest BCUT2D eigenvalue weighted by atomic mass is 32.2. The number of aromatic nitrogens is 1. The van der Waals surface area contributed by atoms with E-state index in [9.17, 15) is 4.79 Å². The number of ether oxygens (including phenoxy) is 1. The van der Waals surface area contributed by atoms with Gasteiger partial charge in [-0.3, -0.25) is 9.78 Å². The van der Waals surface area contributed by atoms with Gasteiger partial charge in [-0.15, -0.1) is 11.8 Å². The van der Waals surface area contributed by atoms with Gasteiger partial charge < -0.3 is 9.64 Å². The molecule has 0 radical (unpaired) electrons. The van der Waals surface area contributed by atoms with E-state index in [0.717, 1.165) is 31.7 Å². The molecule has 3 aliphatic rings. The topological polar surface area (TPSA) is 42.4 Å². The molecule has 3 fully saturated rings. The van der Waals surface area contributed by atoms with Crippen molar-refractivity contribution in [1.29, 1.82) is 0 Å². The molecule has 2 aliphatic heterocycles. The number of pyridine rings is 1. The van der Waals surface area contributed by atoms with Gasteiger partial charge in [0.25, 0.3) is 0 Å². The monoisotopic (exact) mass is 318 g/mol. The number of thioether (sulfide) groups is 1. The first-order chi connectivity index (χ1) is 10.7. The van der Waals surface area contributed by atoms with Crippen LogP contribution in [0.15, 0.2) is 24.5 Å². The molecule has 1 unspecified atom stereocenters. The van der Waals surface area contributed by atoms with Crippen LogP contribution in [0.1, 0.15) is 31.2 Å². The summed E-state index contributed by atoms with van der Waals surface area (Å²) in [4.78, 5) is 18.2. The summed E-state index contributed by atoms with van der Waals surface area (Å²) in [5.41, 5.74) is 1.18. The molecule has 4 nitrogen and oxygen atoms in total. The second-order valence-electron chi connectivity index (χ2n) is 6.88. The van der Waals surface area contributed by atoms with E-state index in [-0.39, 0.29) is 4.75 Å². The first-order valence-electron chi connectivity index (χ1n) is 8.15. The molecule has 22 heavy (non-hydrogen) atoms. The smallest absolute Gasteiger partial charge is 0.222 e. The van der Waals surface area contributed by atoms with Gasteiger partial charge >= 0.3 is 0 Å². The molecule has 5 heteroatoms. The molecule has 4 rings (SSSR count). The maximum Gasteiger partial charge on any atom is 0.222 e. The summed E-state index contributed by atoms with van der Waals surface area (Å²) in [6, 6.07) is 4.00. The number of hydrogen-bond donors (Lipinski definition) is 0. The van der Waals surface area contributed by atoms with Crippen molar-refractivity contribution in [1.82, 2.24) is 9.88 Å². The summed E-state index contributed by atoms with van der Waals surface area (Å²) in [6.07, 6.45) is 8.30. The molecule has 118 valence electrons. The lowest BCUT2D eigenvalue weighted by Gasteiger charge is -2.47. The lowest BCUT2D eigenvalue weighted by molar-refractivity contribution is -0.137. The van der Waals surface area contributed by atoms with Gasteiger partial charge in [-0.25, -0.2) is 0 Å². The second-order valence-corrected chi connectivity index (χ2v) is 8.37. The molecule has 1 amide bonds. The highest BCUT2D eigenvalue weighted by Crippen LogP contribution is 2.47. The van der Waals surface area contributed by atoms with Crippen molar-refractivity contribution in [2.45, 2.75) is 43.1 Å². The molecular weight excluding hydrogens is 296 g/mol. The zero-order valence-corrected chi connectivity index (χ0v) is 13.6. The van der Waals surface area contributed by atoms with E-state index in [2.05, 4.69) is 9.88 Å². The minimum absolute atomic E-state index is 0.280. The van der Waals surface area contributed by atoms with Crippen LogP contribution in [0.4, 0.5) is 0 Å². The number of nitrogens with zero attached hydrogens (tertiary/aromatic N) is 2. The first kappa shape index (κ1) is 14.5. The number of likely N-dealkylation sites (tertiary alicyclic amines) is 1. The van der Waals surface area contributed by atoms with Crippen molar-refractivity contribution in [3.05, 3.63) is 30.1 Å². The molecule has 1 aromatic rings. The largest absolute Gasteiger partial charge is 0.373 e. The SMILES string of the molecule is O=C(CC1CC1)N1CC2(CC(OCc3ccncc3)CS2)C1. The molecule has 0 bridgehead atoms. The van der Waals surface area contributed by atoms with E-state index in [1.807, 2.05) is 23.9 Å². The summed E-state index contributed by atoms with van der Waals surface area (Å²) in [7, 11) is 0. The van der Waals surface area contributed by atoms with Crippen molar-refractivity contribution in [3.63, 3.8) is 0 Å². The van der Waals surface area contributed by atoms with E-state index in [4.69, 9.17) is 4.74 Å². The molecule has 2 saturated heterocycles. The van der Waals surface area contributed by atoms with Crippen LogP contribution >= 0.6 is 11.8 Å². The van der Waals surface area contributed by atoms with Gasteiger partial charge in [0.05, 0.1) is 17.5 Å². The van der Waals surface area contributed by atoms with Gasteiger partial charge in [0.15, 0.2) is 0 Å². The van der Waals surface area contributed by atoms with Crippen LogP contribution in [-0.4, -0.2) is 45.5 Å². The van der Waals surface area contributed by atoms with E-state index in [1.54, 1.807) is 12.4 Å². The molecule has 1 saturated carbocycles. The van der Waals surface area contributed by atoms with Gasteiger partial charge in [-0.05, 0) is 42.9 Å². The highest BCUT2D eigenvalue weighted by Gasteiger charge is 2.51. The van der Waals surface area contributed by atoms with E-state index in [1.165, 1.54) is 18.4 Å². The minimum Gasteiger partial charge on any atom is -0.373 e. The zero-order valence-electron chi connectivity index (χ0n) is 12.7. The summed E-state index contributed by atoms with van der Waals surface area (Å²) in [6.45, 7) is 2.52. The van der Waals surface area contributed by atoms with Crippen LogP contribution in [-0.2, 0) is 16.1 Å². The van der Waals surface area contributed by atoms with Crippen molar-refractivity contribution < 1.29 is 9.53 Å². The van der Waals surface area contributed by atoms with Crippen LogP contribution < -0.4 is 0 Å². The number of carbonyl (C=O) groups is 1. The Labute approximate surface area is 135 Å².